The van der Waals surface area contributed by atoms with E-state index in [0.717, 1.165) is 5.56 Å². The van der Waals surface area contributed by atoms with Crippen molar-refractivity contribution in [3.63, 3.8) is 0 Å². The Bertz CT molecular complexity index is 1450. The van der Waals surface area contributed by atoms with Gasteiger partial charge >= 0.3 is 0 Å². The molecular weight excluding hydrogens is 454 g/mol. The van der Waals surface area contributed by atoms with E-state index in [1.54, 1.807) is 18.3 Å². The number of carbonyl (C=O) groups is 1. The number of methoxy groups -OCH3 is 2. The highest BCUT2D eigenvalue weighted by molar-refractivity contribution is 5.98. The molecule has 4 aromatic rings. The van der Waals surface area contributed by atoms with E-state index in [9.17, 15) is 4.79 Å². The molecule has 35 heavy (non-hydrogen) atoms. The topological polar surface area (TPSA) is 162 Å². The molecule has 0 aliphatic rings. The molecule has 0 saturated carbocycles. The first-order valence-corrected chi connectivity index (χ1v) is 10.2. The Morgan fingerprint density at radius 3 is 2.74 bits per heavy atom. The largest absolute Gasteiger partial charge is 0.492 e. The van der Waals surface area contributed by atoms with Gasteiger partial charge < -0.3 is 29.9 Å². The van der Waals surface area contributed by atoms with Crippen molar-refractivity contribution < 1.29 is 22.9 Å². The molecule has 3 N–H and O–H groups in total. The number of hydrogen-bond acceptors (Lipinski definition) is 12. The zero-order chi connectivity index (χ0) is 27.3. The Kier molecular flexibility index (Phi) is 5.95. The van der Waals surface area contributed by atoms with Crippen LogP contribution < -0.4 is 20.7 Å². The number of rotatable bonds is 9. The van der Waals surface area contributed by atoms with Crippen molar-refractivity contribution in [1.82, 2.24) is 35.6 Å². The van der Waals surface area contributed by atoms with Crippen LogP contribution in [0.3, 0.4) is 0 Å². The number of nitrogens with one attached hydrogen (secondary N) is 3. The van der Waals surface area contributed by atoms with Crippen LogP contribution in [0.1, 0.15) is 26.1 Å². The Hall–Kier alpha value is -4.65. The minimum Gasteiger partial charge on any atom is -0.492 e. The van der Waals surface area contributed by atoms with Crippen LogP contribution in [0, 0.1) is 6.92 Å². The molecule has 1 amide bonds. The molecule has 0 fully saturated rings. The highest BCUT2D eigenvalue weighted by atomic mass is 16.5. The molecule has 0 aliphatic heterocycles. The highest BCUT2D eigenvalue weighted by Gasteiger charge is 2.21. The quantitative estimate of drug-likeness (QED) is 0.321. The average molecular weight is 481 g/mol. The Labute approximate surface area is 204 Å². The van der Waals surface area contributed by atoms with Crippen LogP contribution in [0.25, 0.3) is 11.4 Å². The van der Waals surface area contributed by atoms with Gasteiger partial charge in [0.1, 0.15) is 12.4 Å². The summed E-state index contributed by atoms with van der Waals surface area (Å²) in [6.45, 7) is -0.713. The zero-order valence-corrected chi connectivity index (χ0v) is 19.0. The van der Waals surface area contributed by atoms with Crippen LogP contribution >= 0.6 is 0 Å². The number of carbonyl (C=O) groups excluding carboxylic acids is 1. The van der Waals surface area contributed by atoms with Gasteiger partial charge in [0.05, 0.1) is 18.4 Å². The number of amides is 1. The molecular formula is C22H23N9O4. The molecule has 13 heteroatoms. The monoisotopic (exact) mass is 480 g/mol. The van der Waals surface area contributed by atoms with Crippen LogP contribution in [0.15, 0.2) is 41.2 Å². The summed E-state index contributed by atoms with van der Waals surface area (Å²) < 4.78 is 37.9. The normalized spacial score (nSPS) is 12.3. The second kappa shape index (κ2) is 10.5. The molecule has 0 saturated heterocycles. The number of hydrogen-bond donors (Lipinski definition) is 3. The van der Waals surface area contributed by atoms with Crippen LogP contribution in [-0.4, -0.2) is 57.4 Å². The fourth-order valence-corrected chi connectivity index (χ4v) is 3.10. The SMILES string of the molecule is [2H]C([2H])([2H])NC(=O)c1nnc(Nc2cc(C)ccn2)cc1Nc1nccc(-c2noc(COC)n2)c1OC. The van der Waals surface area contributed by atoms with Crippen molar-refractivity contribution in [3.05, 3.63) is 53.8 Å². The van der Waals surface area contributed by atoms with E-state index in [1.165, 1.54) is 26.5 Å². The fourth-order valence-electron chi connectivity index (χ4n) is 3.10. The third kappa shape index (κ3) is 5.30. The van der Waals surface area contributed by atoms with Crippen molar-refractivity contribution in [1.29, 1.82) is 0 Å². The molecule has 4 heterocycles. The summed E-state index contributed by atoms with van der Waals surface area (Å²) in [5.41, 5.74) is 1.20. The van der Waals surface area contributed by atoms with E-state index in [1.807, 2.05) is 18.3 Å². The van der Waals surface area contributed by atoms with Crippen molar-refractivity contribution in [2.45, 2.75) is 13.5 Å². The van der Waals surface area contributed by atoms with Gasteiger partial charge in [0, 0.05) is 36.7 Å². The zero-order valence-electron chi connectivity index (χ0n) is 22.0. The predicted octanol–water partition coefficient (Wildman–Crippen LogP) is 2.63. The van der Waals surface area contributed by atoms with E-state index >= 15 is 0 Å². The maximum atomic E-state index is 12.8. The lowest BCUT2D eigenvalue weighted by Gasteiger charge is -2.15. The van der Waals surface area contributed by atoms with Crippen molar-refractivity contribution in [2.24, 2.45) is 0 Å². The van der Waals surface area contributed by atoms with Crippen molar-refractivity contribution in [2.75, 3.05) is 31.8 Å². The van der Waals surface area contributed by atoms with Crippen LogP contribution in [0.2, 0.25) is 0 Å². The molecule has 4 rings (SSSR count). The Morgan fingerprint density at radius 2 is 1.97 bits per heavy atom. The molecule has 13 nitrogen and oxygen atoms in total. The van der Waals surface area contributed by atoms with Gasteiger partial charge in [-0.1, -0.05) is 5.16 Å². The first-order valence-electron chi connectivity index (χ1n) is 11.7. The minimum atomic E-state index is -2.74. The van der Waals surface area contributed by atoms with Gasteiger partial charge in [-0.25, -0.2) is 9.97 Å². The highest BCUT2D eigenvalue weighted by Crippen LogP contribution is 2.35. The number of aromatic nitrogens is 6. The number of pyridine rings is 2. The second-order valence-corrected chi connectivity index (χ2v) is 7.10. The molecule has 0 aliphatic carbocycles. The first-order chi connectivity index (χ1) is 18.2. The van der Waals surface area contributed by atoms with E-state index in [4.69, 9.17) is 18.1 Å². The minimum absolute atomic E-state index is 0.0908. The van der Waals surface area contributed by atoms with Gasteiger partial charge in [0.15, 0.2) is 23.1 Å². The molecule has 0 atom stereocenters. The lowest BCUT2D eigenvalue weighted by atomic mass is 10.2. The summed E-state index contributed by atoms with van der Waals surface area (Å²) in [5, 5.41) is 19.8. The van der Waals surface area contributed by atoms with E-state index in [-0.39, 0.29) is 47.1 Å². The second-order valence-electron chi connectivity index (χ2n) is 7.10. The smallest absolute Gasteiger partial charge is 0.273 e. The Balaban J connectivity index is 1.74. The first kappa shape index (κ1) is 19.8. The van der Waals surface area contributed by atoms with Gasteiger partial charge in [0.2, 0.25) is 5.82 Å². The number of ether oxygens (including phenoxy) is 2. The van der Waals surface area contributed by atoms with Gasteiger partial charge in [-0.2, -0.15) is 4.98 Å². The predicted molar refractivity (Wildman–Crippen MR) is 126 cm³/mol. The van der Waals surface area contributed by atoms with Gasteiger partial charge in [-0.15, -0.1) is 10.2 Å². The van der Waals surface area contributed by atoms with Gasteiger partial charge in [-0.3, -0.25) is 4.79 Å². The number of aryl methyl sites for hydroxylation is 1. The van der Waals surface area contributed by atoms with E-state index < -0.39 is 12.9 Å². The van der Waals surface area contributed by atoms with Crippen LogP contribution in [0.4, 0.5) is 23.1 Å². The summed E-state index contributed by atoms with van der Waals surface area (Å²) in [6, 6.07) is 6.71. The maximum absolute atomic E-state index is 12.8. The summed E-state index contributed by atoms with van der Waals surface area (Å²) in [5.74, 6) is 0.626. The summed E-state index contributed by atoms with van der Waals surface area (Å²) >= 11 is 0. The summed E-state index contributed by atoms with van der Waals surface area (Å²) in [6.07, 6.45) is 3.10. The molecule has 0 unspecified atom stereocenters. The lowest BCUT2D eigenvalue weighted by molar-refractivity contribution is 0.0958. The molecule has 0 bridgehead atoms. The fraction of sp³-hybridized carbons (Fsp3) is 0.227. The van der Waals surface area contributed by atoms with Gasteiger partial charge in [-0.05, 0) is 30.7 Å². The standard InChI is InChI=1S/C22H23N9O4/c1-12-5-7-24-15(9-12)27-16-10-14(18(30-29-16)22(32)23-2)26-21-19(34-4)13(6-8-25-21)20-28-17(11-33-3)35-31-20/h5-10H,11H2,1-4H3,(H,23,32)(H2,24,25,26,27,29)/i2D3. The third-order valence-electron chi connectivity index (χ3n) is 4.63. The lowest BCUT2D eigenvalue weighted by Crippen LogP contribution is -2.21. The molecule has 180 valence electrons. The third-order valence-corrected chi connectivity index (χ3v) is 4.63. The number of anilines is 4. The summed E-state index contributed by atoms with van der Waals surface area (Å²) in [7, 11) is 2.92. The van der Waals surface area contributed by atoms with Crippen LogP contribution in [-0.2, 0) is 11.3 Å². The summed E-state index contributed by atoms with van der Waals surface area (Å²) in [4.78, 5) is 25.6. The Morgan fingerprint density at radius 1 is 1.11 bits per heavy atom. The molecule has 4 aromatic heterocycles. The molecule has 0 radical (unpaired) electrons. The number of nitrogens with zero attached hydrogens (tertiary/aromatic N) is 6. The maximum Gasteiger partial charge on any atom is 0.273 e. The molecule has 0 spiro atoms. The van der Waals surface area contributed by atoms with Crippen molar-refractivity contribution in [3.8, 4) is 17.1 Å². The van der Waals surface area contributed by atoms with E-state index in [0.29, 0.717) is 11.4 Å². The van der Waals surface area contributed by atoms with Crippen molar-refractivity contribution >= 4 is 29.0 Å². The van der Waals surface area contributed by atoms with Gasteiger partial charge in [0.25, 0.3) is 11.8 Å². The van der Waals surface area contributed by atoms with E-state index in [2.05, 4.69) is 40.9 Å². The molecule has 0 aromatic carbocycles. The average Bonchev–Trinajstić information content (AvgIpc) is 3.32. The van der Waals surface area contributed by atoms with Crippen LogP contribution in [0.5, 0.6) is 5.75 Å².